The monoisotopic (exact) mass is 354 g/mol. The van der Waals surface area contributed by atoms with E-state index in [1.165, 1.54) is 0 Å². The average molecular weight is 354 g/mol. The number of nitrogens with zero attached hydrogens (tertiary/aromatic N) is 3. The molecule has 0 amide bonds. The molecule has 0 radical (unpaired) electrons. The maximum Gasteiger partial charge on any atom is 0.156 e. The first-order valence-corrected chi connectivity index (χ1v) is 6.28. The minimum Gasteiger partial charge on any atom is -0.484 e. The Morgan fingerprint density at radius 1 is 1.56 bits per heavy atom. The number of anilines is 1. The van der Waals surface area contributed by atoms with Crippen molar-refractivity contribution in [2.45, 2.75) is 6.61 Å². The molecule has 1 heterocycles. The summed E-state index contributed by atoms with van der Waals surface area (Å²) in [7, 11) is 1.85. The van der Waals surface area contributed by atoms with Crippen molar-refractivity contribution in [3.63, 3.8) is 0 Å². The van der Waals surface area contributed by atoms with Gasteiger partial charge in [0.25, 0.3) is 0 Å². The Balaban J connectivity index is 2.17. The van der Waals surface area contributed by atoms with E-state index in [2.05, 4.69) is 33.8 Å². The molecule has 0 aliphatic carbocycles. The largest absolute Gasteiger partial charge is 0.484 e. The van der Waals surface area contributed by atoms with Gasteiger partial charge in [0, 0.05) is 13.2 Å². The van der Waals surface area contributed by atoms with E-state index < -0.39 is 0 Å². The number of nitriles is 1. The Kier molecular flexibility index (Phi) is 3.72. The second kappa shape index (κ2) is 5.27. The molecule has 0 saturated heterocycles. The fraction of sp³-hybridized carbons (Fsp3) is 0.167. The van der Waals surface area contributed by atoms with Crippen molar-refractivity contribution >= 4 is 28.3 Å². The summed E-state index contributed by atoms with van der Waals surface area (Å²) in [6, 6.07) is 7.29. The van der Waals surface area contributed by atoms with Crippen LogP contribution in [0.2, 0.25) is 0 Å². The number of rotatable bonds is 3. The van der Waals surface area contributed by atoms with Crippen molar-refractivity contribution in [3.05, 3.63) is 39.2 Å². The molecule has 0 bridgehead atoms. The van der Waals surface area contributed by atoms with Crippen molar-refractivity contribution in [2.24, 2.45) is 7.05 Å². The number of hydrogen-bond donors (Lipinski definition) is 1. The molecule has 0 fully saturated rings. The first kappa shape index (κ1) is 12.7. The molecule has 2 rings (SSSR count). The SMILES string of the molecule is Cn1ccc(COc2c(N)cc(C#N)cc2I)n1. The zero-order chi connectivity index (χ0) is 13.1. The van der Waals surface area contributed by atoms with E-state index in [0.29, 0.717) is 23.6 Å². The zero-order valence-corrected chi connectivity index (χ0v) is 11.9. The van der Waals surface area contributed by atoms with Gasteiger partial charge in [0.2, 0.25) is 0 Å². The highest BCUT2D eigenvalue weighted by Gasteiger charge is 2.09. The van der Waals surface area contributed by atoms with Gasteiger partial charge in [-0.2, -0.15) is 10.4 Å². The second-order valence-electron chi connectivity index (χ2n) is 3.76. The highest BCUT2D eigenvalue weighted by atomic mass is 127. The topological polar surface area (TPSA) is 76.9 Å². The molecule has 5 nitrogen and oxygen atoms in total. The van der Waals surface area contributed by atoms with Crippen LogP contribution in [0.25, 0.3) is 0 Å². The average Bonchev–Trinajstić information content (AvgIpc) is 2.73. The lowest BCUT2D eigenvalue weighted by atomic mass is 10.2. The van der Waals surface area contributed by atoms with E-state index in [4.69, 9.17) is 15.7 Å². The van der Waals surface area contributed by atoms with Crippen LogP contribution in [0.3, 0.4) is 0 Å². The minimum absolute atomic E-state index is 0.354. The molecule has 92 valence electrons. The summed E-state index contributed by atoms with van der Waals surface area (Å²) >= 11 is 2.10. The summed E-state index contributed by atoms with van der Waals surface area (Å²) in [6.45, 7) is 0.354. The molecule has 0 atom stereocenters. The number of aromatic nitrogens is 2. The lowest BCUT2D eigenvalue weighted by Gasteiger charge is -2.10. The molecule has 0 aliphatic heterocycles. The minimum atomic E-state index is 0.354. The van der Waals surface area contributed by atoms with E-state index in [-0.39, 0.29) is 0 Å². The van der Waals surface area contributed by atoms with Crippen molar-refractivity contribution in [1.29, 1.82) is 5.26 Å². The Labute approximate surface area is 118 Å². The highest BCUT2D eigenvalue weighted by molar-refractivity contribution is 14.1. The van der Waals surface area contributed by atoms with Gasteiger partial charge >= 0.3 is 0 Å². The molecule has 6 heteroatoms. The van der Waals surface area contributed by atoms with E-state index in [1.54, 1.807) is 16.8 Å². The van der Waals surface area contributed by atoms with Crippen LogP contribution >= 0.6 is 22.6 Å². The summed E-state index contributed by atoms with van der Waals surface area (Å²) in [6.07, 6.45) is 1.85. The van der Waals surface area contributed by atoms with Gasteiger partial charge in [-0.1, -0.05) is 0 Å². The predicted octanol–water partition coefficient (Wildman–Crippen LogP) is 2.06. The Morgan fingerprint density at radius 2 is 2.33 bits per heavy atom. The van der Waals surface area contributed by atoms with E-state index >= 15 is 0 Å². The quantitative estimate of drug-likeness (QED) is 0.676. The molecule has 0 unspecified atom stereocenters. The van der Waals surface area contributed by atoms with Gasteiger partial charge in [-0.15, -0.1) is 0 Å². The fourth-order valence-electron chi connectivity index (χ4n) is 1.52. The van der Waals surface area contributed by atoms with Gasteiger partial charge in [-0.05, 0) is 40.8 Å². The van der Waals surface area contributed by atoms with Gasteiger partial charge in [0.1, 0.15) is 6.61 Å². The summed E-state index contributed by atoms with van der Waals surface area (Å²) in [4.78, 5) is 0. The second-order valence-corrected chi connectivity index (χ2v) is 4.92. The lowest BCUT2D eigenvalue weighted by Crippen LogP contribution is -2.02. The molecule has 2 N–H and O–H groups in total. The summed E-state index contributed by atoms with van der Waals surface area (Å²) in [5.74, 6) is 0.597. The standard InChI is InChI=1S/C12H11IN4O/c1-17-3-2-9(16-17)7-18-12-10(13)4-8(6-14)5-11(12)15/h2-5H,7,15H2,1H3. The number of ether oxygens (including phenoxy) is 1. The molecule has 0 saturated carbocycles. The number of nitrogens with two attached hydrogens (primary N) is 1. The zero-order valence-electron chi connectivity index (χ0n) is 9.72. The van der Waals surface area contributed by atoms with E-state index in [0.717, 1.165) is 9.26 Å². The van der Waals surface area contributed by atoms with Gasteiger partial charge in [-0.3, -0.25) is 4.68 Å². The van der Waals surface area contributed by atoms with Gasteiger partial charge in [-0.25, -0.2) is 0 Å². The number of nitrogen functional groups attached to an aromatic ring is 1. The third-order valence-electron chi connectivity index (χ3n) is 2.33. The van der Waals surface area contributed by atoms with Crippen LogP contribution in [0.4, 0.5) is 5.69 Å². The number of aryl methyl sites for hydroxylation is 1. The molecule has 0 spiro atoms. The van der Waals surface area contributed by atoms with Crippen molar-refractivity contribution in [1.82, 2.24) is 9.78 Å². The molecule has 1 aromatic carbocycles. The van der Waals surface area contributed by atoms with E-state index in [9.17, 15) is 0 Å². The molecular formula is C12H11IN4O. The molecular weight excluding hydrogens is 343 g/mol. The first-order valence-electron chi connectivity index (χ1n) is 5.20. The molecule has 2 aromatic rings. The third-order valence-corrected chi connectivity index (χ3v) is 3.14. The maximum absolute atomic E-state index is 8.83. The third kappa shape index (κ3) is 2.73. The number of hydrogen-bond acceptors (Lipinski definition) is 4. The maximum atomic E-state index is 8.83. The lowest BCUT2D eigenvalue weighted by molar-refractivity contribution is 0.299. The number of halogens is 1. The number of benzene rings is 1. The van der Waals surface area contributed by atoms with Gasteiger partial charge in [0.05, 0.1) is 26.6 Å². The van der Waals surface area contributed by atoms with Crippen LogP contribution in [-0.4, -0.2) is 9.78 Å². The van der Waals surface area contributed by atoms with Gasteiger partial charge in [0.15, 0.2) is 5.75 Å². The summed E-state index contributed by atoms with van der Waals surface area (Å²) in [5, 5.41) is 13.0. The van der Waals surface area contributed by atoms with Crippen molar-refractivity contribution < 1.29 is 4.74 Å². The Morgan fingerprint density at radius 3 is 2.89 bits per heavy atom. The molecule has 0 aliphatic rings. The van der Waals surface area contributed by atoms with Crippen LogP contribution in [0.1, 0.15) is 11.3 Å². The van der Waals surface area contributed by atoms with Crippen molar-refractivity contribution in [3.8, 4) is 11.8 Å². The Bertz CT molecular complexity index is 592. The van der Waals surface area contributed by atoms with E-state index in [1.807, 2.05) is 19.3 Å². The Hall–Kier alpha value is -1.75. The smallest absolute Gasteiger partial charge is 0.156 e. The summed E-state index contributed by atoms with van der Waals surface area (Å²) < 4.78 is 8.18. The summed E-state index contributed by atoms with van der Waals surface area (Å²) in [5.41, 5.74) is 7.69. The van der Waals surface area contributed by atoms with Gasteiger partial charge < -0.3 is 10.5 Å². The van der Waals surface area contributed by atoms with Crippen LogP contribution < -0.4 is 10.5 Å². The van der Waals surface area contributed by atoms with Crippen LogP contribution in [0, 0.1) is 14.9 Å². The van der Waals surface area contributed by atoms with Crippen LogP contribution in [-0.2, 0) is 13.7 Å². The molecule has 1 aromatic heterocycles. The van der Waals surface area contributed by atoms with Crippen molar-refractivity contribution in [2.75, 3.05) is 5.73 Å². The van der Waals surface area contributed by atoms with Crippen LogP contribution in [0.5, 0.6) is 5.75 Å². The van der Waals surface area contributed by atoms with Crippen LogP contribution in [0.15, 0.2) is 24.4 Å². The predicted molar refractivity (Wildman–Crippen MR) is 75.8 cm³/mol. The first-order chi connectivity index (χ1) is 8.60. The normalized spacial score (nSPS) is 10.1. The molecule has 18 heavy (non-hydrogen) atoms. The fourth-order valence-corrected chi connectivity index (χ4v) is 2.32. The highest BCUT2D eigenvalue weighted by Crippen LogP contribution is 2.30.